The van der Waals surface area contributed by atoms with Gasteiger partial charge in [-0.15, -0.1) is 0 Å². The predicted octanol–water partition coefficient (Wildman–Crippen LogP) is -2.09. The molecule has 0 aromatic heterocycles. The van der Waals surface area contributed by atoms with E-state index >= 15 is 0 Å². The Balaban J connectivity index is 2.39. The van der Waals surface area contributed by atoms with Crippen LogP contribution >= 0.6 is 0 Å². The molecule has 0 spiro atoms. The van der Waals surface area contributed by atoms with Crippen LogP contribution in [0, 0.1) is 0 Å². The fraction of sp³-hybridized carbons (Fsp3) is 0.500. The van der Waals surface area contributed by atoms with Crippen molar-refractivity contribution in [1.82, 2.24) is 15.6 Å². The lowest BCUT2D eigenvalue weighted by Gasteiger charge is -2.18. The Bertz CT molecular complexity index is 445. The SMILES string of the molecule is CN1N=C(C(=O)NCC(=O)NCC(=O)O)CCC1=O. The minimum absolute atomic E-state index is 0.160. The molecule has 1 heterocycles. The molecule has 0 aliphatic carbocycles. The van der Waals surface area contributed by atoms with Crippen LogP contribution < -0.4 is 10.6 Å². The highest BCUT2D eigenvalue weighted by Gasteiger charge is 2.22. The van der Waals surface area contributed by atoms with Gasteiger partial charge in [-0.2, -0.15) is 5.10 Å². The van der Waals surface area contributed by atoms with Crippen molar-refractivity contribution in [2.24, 2.45) is 5.10 Å². The van der Waals surface area contributed by atoms with Crippen molar-refractivity contribution in [2.45, 2.75) is 12.8 Å². The number of amides is 3. The number of hydrogen-bond acceptors (Lipinski definition) is 5. The van der Waals surface area contributed by atoms with Crippen molar-refractivity contribution in [1.29, 1.82) is 0 Å². The lowest BCUT2D eigenvalue weighted by molar-refractivity contribution is -0.137. The number of hydrogen-bond donors (Lipinski definition) is 3. The Hall–Kier alpha value is -2.45. The quantitative estimate of drug-likeness (QED) is 0.527. The number of rotatable bonds is 5. The van der Waals surface area contributed by atoms with Gasteiger partial charge in [0.05, 0.1) is 6.54 Å². The zero-order valence-electron chi connectivity index (χ0n) is 10.3. The molecule has 0 unspecified atom stereocenters. The maximum absolute atomic E-state index is 11.6. The second-order valence-corrected chi connectivity index (χ2v) is 3.82. The summed E-state index contributed by atoms with van der Waals surface area (Å²) in [5.41, 5.74) is 0.160. The highest BCUT2D eigenvalue weighted by atomic mass is 16.4. The zero-order valence-corrected chi connectivity index (χ0v) is 10.3. The van der Waals surface area contributed by atoms with Gasteiger partial charge in [-0.25, -0.2) is 5.01 Å². The summed E-state index contributed by atoms with van der Waals surface area (Å²) >= 11 is 0. The van der Waals surface area contributed by atoms with E-state index in [0.29, 0.717) is 0 Å². The van der Waals surface area contributed by atoms with E-state index in [9.17, 15) is 19.2 Å². The van der Waals surface area contributed by atoms with Gasteiger partial charge in [-0.1, -0.05) is 0 Å². The molecule has 0 radical (unpaired) electrons. The van der Waals surface area contributed by atoms with Crippen LogP contribution in [0.15, 0.2) is 5.10 Å². The van der Waals surface area contributed by atoms with E-state index in [1.54, 1.807) is 0 Å². The predicted molar refractivity (Wildman–Crippen MR) is 63.1 cm³/mol. The van der Waals surface area contributed by atoms with Crippen molar-refractivity contribution >= 4 is 29.4 Å². The van der Waals surface area contributed by atoms with Gasteiger partial charge in [0.1, 0.15) is 12.3 Å². The number of carboxylic acids is 1. The standard InChI is InChI=1S/C10H14N4O5/c1-14-8(16)3-2-6(13-14)10(19)12-4-7(15)11-5-9(17)18/h2-5H2,1H3,(H,11,15)(H,12,19)(H,17,18). The van der Waals surface area contributed by atoms with E-state index < -0.39 is 24.3 Å². The molecule has 0 saturated carbocycles. The molecule has 0 aromatic carbocycles. The zero-order chi connectivity index (χ0) is 14.4. The third kappa shape index (κ3) is 4.74. The lowest BCUT2D eigenvalue weighted by Crippen LogP contribution is -2.43. The van der Waals surface area contributed by atoms with Crippen LogP contribution in [0.3, 0.4) is 0 Å². The summed E-state index contributed by atoms with van der Waals surface area (Å²) in [6.07, 6.45) is 0.402. The molecule has 9 heteroatoms. The fourth-order valence-corrected chi connectivity index (χ4v) is 1.33. The highest BCUT2D eigenvalue weighted by Crippen LogP contribution is 2.06. The van der Waals surface area contributed by atoms with Gasteiger partial charge in [0.15, 0.2) is 0 Å². The van der Waals surface area contributed by atoms with Crippen molar-refractivity contribution in [3.05, 3.63) is 0 Å². The van der Waals surface area contributed by atoms with Crippen LogP contribution in [0.2, 0.25) is 0 Å². The molecule has 1 rings (SSSR count). The number of carbonyl (C=O) groups excluding carboxylic acids is 3. The summed E-state index contributed by atoms with van der Waals surface area (Å²) in [6, 6.07) is 0. The van der Waals surface area contributed by atoms with E-state index in [1.807, 2.05) is 0 Å². The van der Waals surface area contributed by atoms with Gasteiger partial charge < -0.3 is 15.7 Å². The minimum Gasteiger partial charge on any atom is -0.480 e. The molecule has 3 N–H and O–H groups in total. The van der Waals surface area contributed by atoms with Crippen molar-refractivity contribution in [3.63, 3.8) is 0 Å². The number of nitrogens with one attached hydrogen (secondary N) is 2. The van der Waals surface area contributed by atoms with Crippen LogP contribution in [-0.4, -0.2) is 59.7 Å². The normalized spacial score (nSPS) is 14.7. The first-order chi connectivity index (χ1) is 8.90. The topological polar surface area (TPSA) is 128 Å². The van der Waals surface area contributed by atoms with Crippen LogP contribution in [0.5, 0.6) is 0 Å². The lowest BCUT2D eigenvalue weighted by atomic mass is 10.1. The number of carbonyl (C=O) groups is 4. The largest absolute Gasteiger partial charge is 0.480 e. The van der Waals surface area contributed by atoms with Gasteiger partial charge in [0.2, 0.25) is 11.8 Å². The summed E-state index contributed by atoms with van der Waals surface area (Å²) in [6.45, 7) is -0.852. The smallest absolute Gasteiger partial charge is 0.322 e. The van der Waals surface area contributed by atoms with Gasteiger partial charge in [0.25, 0.3) is 5.91 Å². The highest BCUT2D eigenvalue weighted by molar-refractivity contribution is 6.39. The van der Waals surface area contributed by atoms with Gasteiger partial charge in [-0.05, 0) is 0 Å². The molecule has 0 atom stereocenters. The molecule has 1 aliphatic rings. The maximum atomic E-state index is 11.6. The molecule has 104 valence electrons. The summed E-state index contributed by atoms with van der Waals surface area (Å²) in [4.78, 5) is 44.1. The average molecular weight is 270 g/mol. The van der Waals surface area contributed by atoms with Crippen molar-refractivity contribution in [2.75, 3.05) is 20.1 Å². The molecule has 9 nitrogen and oxygen atoms in total. The Kier molecular flexibility index (Phi) is 4.98. The van der Waals surface area contributed by atoms with E-state index in [-0.39, 0.29) is 31.0 Å². The molecule has 1 aliphatic heterocycles. The number of aliphatic carboxylic acids is 1. The number of hydrazone groups is 1. The summed E-state index contributed by atoms with van der Waals surface area (Å²) < 4.78 is 0. The Morgan fingerprint density at radius 3 is 2.53 bits per heavy atom. The second-order valence-electron chi connectivity index (χ2n) is 3.82. The van der Waals surface area contributed by atoms with Gasteiger partial charge in [0, 0.05) is 19.9 Å². The van der Waals surface area contributed by atoms with E-state index in [2.05, 4.69) is 15.7 Å². The van der Waals surface area contributed by atoms with Crippen molar-refractivity contribution < 1.29 is 24.3 Å². The molecule has 0 fully saturated rings. The first-order valence-electron chi connectivity index (χ1n) is 5.51. The van der Waals surface area contributed by atoms with Crippen LogP contribution in [0.25, 0.3) is 0 Å². The monoisotopic (exact) mass is 270 g/mol. The minimum atomic E-state index is -1.17. The summed E-state index contributed by atoms with van der Waals surface area (Å²) in [5, 5.41) is 17.6. The van der Waals surface area contributed by atoms with E-state index in [4.69, 9.17) is 5.11 Å². The maximum Gasteiger partial charge on any atom is 0.322 e. The number of nitrogens with zero attached hydrogens (tertiary/aromatic N) is 2. The van der Waals surface area contributed by atoms with Gasteiger partial charge >= 0.3 is 5.97 Å². The average Bonchev–Trinajstić information content (AvgIpc) is 2.36. The second kappa shape index (κ2) is 6.47. The Morgan fingerprint density at radius 2 is 1.95 bits per heavy atom. The van der Waals surface area contributed by atoms with Crippen LogP contribution in [-0.2, 0) is 19.2 Å². The third-order valence-corrected chi connectivity index (χ3v) is 2.32. The number of carboxylic acid groups (broad SMARTS) is 1. The third-order valence-electron chi connectivity index (χ3n) is 2.32. The molecule has 0 bridgehead atoms. The van der Waals surface area contributed by atoms with Crippen LogP contribution in [0.4, 0.5) is 0 Å². The Morgan fingerprint density at radius 1 is 1.26 bits per heavy atom. The fourth-order valence-electron chi connectivity index (χ4n) is 1.33. The van der Waals surface area contributed by atoms with E-state index in [1.165, 1.54) is 7.05 Å². The summed E-state index contributed by atoms with van der Waals surface area (Å²) in [7, 11) is 1.44. The van der Waals surface area contributed by atoms with Gasteiger partial charge in [-0.3, -0.25) is 19.2 Å². The molecular formula is C10H14N4O5. The van der Waals surface area contributed by atoms with Crippen molar-refractivity contribution in [3.8, 4) is 0 Å². The molecule has 19 heavy (non-hydrogen) atoms. The molecule has 3 amide bonds. The molecular weight excluding hydrogens is 256 g/mol. The molecule has 0 saturated heterocycles. The molecule has 0 aromatic rings. The van der Waals surface area contributed by atoms with Crippen LogP contribution in [0.1, 0.15) is 12.8 Å². The summed E-state index contributed by atoms with van der Waals surface area (Å²) in [5.74, 6) is -2.52. The Labute approximate surface area is 108 Å². The first-order valence-corrected chi connectivity index (χ1v) is 5.51. The first kappa shape index (κ1) is 14.6. The van der Waals surface area contributed by atoms with E-state index in [0.717, 1.165) is 5.01 Å².